The molecule has 4 heteroatoms. The first-order valence-electron chi connectivity index (χ1n) is 6.33. The normalized spacial score (nSPS) is 12.4. The molecule has 1 N–H and O–H groups in total. The van der Waals surface area contributed by atoms with Gasteiger partial charge in [0.15, 0.2) is 0 Å². The average Bonchev–Trinajstić information content (AvgIpc) is 2.37. The molecule has 1 aromatic rings. The second-order valence-electron chi connectivity index (χ2n) is 4.41. The molecule has 0 spiro atoms. The van der Waals surface area contributed by atoms with Crippen molar-refractivity contribution in [2.24, 2.45) is 0 Å². The summed E-state index contributed by atoms with van der Waals surface area (Å²) in [6, 6.07) is 0.484. The minimum Gasteiger partial charge on any atom is -0.373 e. The lowest BCUT2D eigenvalue weighted by molar-refractivity contribution is 0.652. The van der Waals surface area contributed by atoms with Gasteiger partial charge in [-0.1, -0.05) is 13.8 Å². The van der Waals surface area contributed by atoms with Crippen LogP contribution in [0, 0.1) is 6.92 Å². The molecule has 0 bridgehead atoms. The van der Waals surface area contributed by atoms with Crippen LogP contribution in [0.2, 0.25) is 0 Å². The molecule has 0 radical (unpaired) electrons. The summed E-state index contributed by atoms with van der Waals surface area (Å²) in [5.41, 5.74) is 1.12. The van der Waals surface area contributed by atoms with Gasteiger partial charge in [0, 0.05) is 32.1 Å². The Morgan fingerprint density at radius 1 is 1.29 bits per heavy atom. The summed E-state index contributed by atoms with van der Waals surface area (Å²) in [6.07, 6.45) is 1.96. The van der Waals surface area contributed by atoms with Crippen LogP contribution in [0.5, 0.6) is 0 Å². The standard InChI is InChI=1S/C13H24N4/c1-7-9(3)17(6)13-10(4)12(14-5)15-11(8-2)16-13/h9H,7-8H2,1-6H3,(H,14,15,16). The highest BCUT2D eigenvalue weighted by Gasteiger charge is 2.16. The molecule has 1 aromatic heterocycles. The molecule has 1 atom stereocenters. The first-order valence-corrected chi connectivity index (χ1v) is 6.33. The quantitative estimate of drug-likeness (QED) is 0.853. The Hall–Kier alpha value is -1.32. The van der Waals surface area contributed by atoms with E-state index in [0.717, 1.165) is 35.9 Å². The highest BCUT2D eigenvalue weighted by molar-refractivity contribution is 5.58. The largest absolute Gasteiger partial charge is 0.373 e. The average molecular weight is 236 g/mol. The van der Waals surface area contributed by atoms with Crippen molar-refractivity contribution in [2.45, 2.75) is 46.6 Å². The Morgan fingerprint density at radius 2 is 1.94 bits per heavy atom. The Bertz CT molecular complexity index is 376. The molecule has 0 aromatic carbocycles. The van der Waals surface area contributed by atoms with Gasteiger partial charge in [0.05, 0.1) is 0 Å². The van der Waals surface area contributed by atoms with Crippen LogP contribution >= 0.6 is 0 Å². The van der Waals surface area contributed by atoms with E-state index in [0.29, 0.717) is 6.04 Å². The number of aryl methyl sites for hydroxylation is 1. The Balaban J connectivity index is 3.21. The van der Waals surface area contributed by atoms with Crippen molar-refractivity contribution in [3.05, 3.63) is 11.4 Å². The van der Waals surface area contributed by atoms with Crippen molar-refractivity contribution < 1.29 is 0 Å². The zero-order valence-corrected chi connectivity index (χ0v) is 11.8. The summed E-state index contributed by atoms with van der Waals surface area (Å²) >= 11 is 0. The number of nitrogens with one attached hydrogen (secondary N) is 1. The Kier molecular flexibility index (Phi) is 4.73. The van der Waals surface area contributed by atoms with E-state index in [4.69, 9.17) is 0 Å². The minimum atomic E-state index is 0.484. The van der Waals surface area contributed by atoms with Gasteiger partial charge in [-0.3, -0.25) is 0 Å². The number of rotatable bonds is 5. The van der Waals surface area contributed by atoms with Crippen LogP contribution in [-0.2, 0) is 6.42 Å². The molecule has 0 aliphatic heterocycles. The van der Waals surface area contributed by atoms with E-state index < -0.39 is 0 Å². The number of aromatic nitrogens is 2. The lowest BCUT2D eigenvalue weighted by atomic mass is 10.2. The molecule has 17 heavy (non-hydrogen) atoms. The summed E-state index contributed by atoms with van der Waals surface area (Å²) in [7, 11) is 4.00. The van der Waals surface area contributed by atoms with E-state index in [-0.39, 0.29) is 0 Å². The summed E-state index contributed by atoms with van der Waals surface area (Å²) < 4.78 is 0. The maximum Gasteiger partial charge on any atom is 0.137 e. The molecule has 96 valence electrons. The van der Waals surface area contributed by atoms with Crippen LogP contribution < -0.4 is 10.2 Å². The molecule has 0 fully saturated rings. The lowest BCUT2D eigenvalue weighted by Crippen LogP contribution is -2.30. The van der Waals surface area contributed by atoms with Gasteiger partial charge >= 0.3 is 0 Å². The predicted octanol–water partition coefficient (Wildman–Crippen LogP) is 2.62. The second-order valence-corrected chi connectivity index (χ2v) is 4.41. The molecule has 0 aliphatic rings. The fourth-order valence-electron chi connectivity index (χ4n) is 1.78. The van der Waals surface area contributed by atoms with Gasteiger partial charge < -0.3 is 10.2 Å². The fourth-order valence-corrected chi connectivity index (χ4v) is 1.78. The molecule has 0 saturated heterocycles. The van der Waals surface area contributed by atoms with Crippen LogP contribution in [-0.4, -0.2) is 30.1 Å². The van der Waals surface area contributed by atoms with E-state index in [9.17, 15) is 0 Å². The second kappa shape index (κ2) is 5.84. The third-order valence-electron chi connectivity index (χ3n) is 3.31. The molecule has 0 amide bonds. The van der Waals surface area contributed by atoms with E-state index in [2.05, 4.69) is 54.9 Å². The van der Waals surface area contributed by atoms with E-state index in [1.165, 1.54) is 0 Å². The van der Waals surface area contributed by atoms with Crippen molar-refractivity contribution in [2.75, 3.05) is 24.3 Å². The van der Waals surface area contributed by atoms with E-state index in [1.54, 1.807) is 0 Å². The Morgan fingerprint density at radius 3 is 2.41 bits per heavy atom. The van der Waals surface area contributed by atoms with Crippen molar-refractivity contribution in [1.29, 1.82) is 0 Å². The molecule has 4 nitrogen and oxygen atoms in total. The van der Waals surface area contributed by atoms with Crippen LogP contribution in [0.15, 0.2) is 0 Å². The molecule has 1 unspecified atom stereocenters. The molecule has 1 heterocycles. The number of hydrogen-bond donors (Lipinski definition) is 1. The molecule has 0 aliphatic carbocycles. The maximum atomic E-state index is 4.64. The SMILES string of the molecule is CCc1nc(NC)c(C)c(N(C)C(C)CC)n1. The third kappa shape index (κ3) is 2.87. The summed E-state index contributed by atoms with van der Waals surface area (Å²) in [5.74, 6) is 2.86. The van der Waals surface area contributed by atoms with Gasteiger partial charge in [0.2, 0.25) is 0 Å². The van der Waals surface area contributed by atoms with Gasteiger partial charge in [0.25, 0.3) is 0 Å². The molecular formula is C13H24N4. The molecule has 0 saturated carbocycles. The van der Waals surface area contributed by atoms with Crippen molar-refractivity contribution >= 4 is 11.6 Å². The van der Waals surface area contributed by atoms with Crippen molar-refractivity contribution in [3.63, 3.8) is 0 Å². The topological polar surface area (TPSA) is 41.1 Å². The lowest BCUT2D eigenvalue weighted by Gasteiger charge is -2.27. The number of anilines is 2. The summed E-state index contributed by atoms with van der Waals surface area (Å²) in [5, 5.41) is 3.14. The van der Waals surface area contributed by atoms with Gasteiger partial charge in [-0.15, -0.1) is 0 Å². The monoisotopic (exact) mass is 236 g/mol. The number of hydrogen-bond acceptors (Lipinski definition) is 4. The first kappa shape index (κ1) is 13.7. The van der Waals surface area contributed by atoms with Crippen molar-refractivity contribution in [1.82, 2.24) is 9.97 Å². The first-order chi connectivity index (χ1) is 8.04. The van der Waals surface area contributed by atoms with Gasteiger partial charge in [-0.05, 0) is 20.3 Å². The van der Waals surface area contributed by atoms with Gasteiger partial charge in [0.1, 0.15) is 17.5 Å². The summed E-state index contributed by atoms with van der Waals surface area (Å²) in [4.78, 5) is 11.4. The van der Waals surface area contributed by atoms with Gasteiger partial charge in [-0.2, -0.15) is 0 Å². The maximum absolute atomic E-state index is 4.64. The molecule has 1 rings (SSSR count). The van der Waals surface area contributed by atoms with Crippen LogP contribution in [0.1, 0.15) is 38.6 Å². The number of nitrogens with zero attached hydrogens (tertiary/aromatic N) is 3. The highest BCUT2D eigenvalue weighted by Crippen LogP contribution is 2.24. The zero-order chi connectivity index (χ0) is 13.0. The Labute approximate surface area is 104 Å². The predicted molar refractivity (Wildman–Crippen MR) is 73.8 cm³/mol. The van der Waals surface area contributed by atoms with Crippen molar-refractivity contribution in [3.8, 4) is 0 Å². The van der Waals surface area contributed by atoms with E-state index in [1.807, 2.05) is 7.05 Å². The molecular weight excluding hydrogens is 212 g/mol. The zero-order valence-electron chi connectivity index (χ0n) is 11.8. The van der Waals surface area contributed by atoms with Gasteiger partial charge in [-0.25, -0.2) is 9.97 Å². The smallest absolute Gasteiger partial charge is 0.137 e. The van der Waals surface area contributed by atoms with E-state index >= 15 is 0 Å². The summed E-state index contributed by atoms with van der Waals surface area (Å²) in [6.45, 7) is 8.56. The van der Waals surface area contributed by atoms with Crippen LogP contribution in [0.4, 0.5) is 11.6 Å². The fraction of sp³-hybridized carbons (Fsp3) is 0.692. The third-order valence-corrected chi connectivity index (χ3v) is 3.31. The van der Waals surface area contributed by atoms with Crippen LogP contribution in [0.25, 0.3) is 0 Å². The minimum absolute atomic E-state index is 0.484. The van der Waals surface area contributed by atoms with Crippen LogP contribution in [0.3, 0.4) is 0 Å². The highest BCUT2D eigenvalue weighted by atomic mass is 15.2.